The number of rotatable bonds is 2. The van der Waals surface area contributed by atoms with E-state index in [1.807, 2.05) is 0 Å². The van der Waals surface area contributed by atoms with Crippen molar-refractivity contribution in [3.05, 3.63) is 36.9 Å². The molecule has 1 atom stereocenters. The molecule has 0 aromatic carbocycles. The third-order valence-electron chi connectivity index (χ3n) is 1.20. The highest BCUT2D eigenvalue weighted by Gasteiger charge is 2.24. The summed E-state index contributed by atoms with van der Waals surface area (Å²) < 4.78 is 16.8. The highest BCUT2D eigenvalue weighted by atomic mass is 19.1. The number of allylic oxidation sites excluding steroid dienone is 2. The van der Waals surface area contributed by atoms with Crippen LogP contribution in [0.4, 0.5) is 4.39 Å². The van der Waals surface area contributed by atoms with E-state index in [-0.39, 0.29) is 0 Å². The minimum Gasteiger partial charge on any atom is -0.479 e. The van der Waals surface area contributed by atoms with Gasteiger partial charge in [0.2, 0.25) is 6.10 Å². The van der Waals surface area contributed by atoms with Crippen LogP contribution in [-0.2, 0) is 14.3 Å². The van der Waals surface area contributed by atoms with Gasteiger partial charge in [0.25, 0.3) is 0 Å². The molecule has 0 aromatic heterocycles. The van der Waals surface area contributed by atoms with Crippen LogP contribution in [0.25, 0.3) is 0 Å². The smallest absolute Gasteiger partial charge is 0.352 e. The van der Waals surface area contributed by atoms with Gasteiger partial charge < -0.3 is 14.9 Å². The van der Waals surface area contributed by atoms with Gasteiger partial charge >= 0.3 is 11.9 Å². The Morgan fingerprint density at radius 1 is 1.53 bits per heavy atom. The maximum absolute atomic E-state index is 12.4. The molecule has 1 rings (SSSR count). The summed E-state index contributed by atoms with van der Waals surface area (Å²) in [6.45, 7) is 2.96. The summed E-state index contributed by atoms with van der Waals surface area (Å²) in [6, 6.07) is 0. The van der Waals surface area contributed by atoms with Crippen molar-refractivity contribution in [2.24, 2.45) is 0 Å². The molecule has 15 heavy (non-hydrogen) atoms. The molecule has 0 saturated heterocycles. The topological polar surface area (TPSA) is 83.8 Å². The third kappa shape index (κ3) is 5.25. The fourth-order valence-electron chi connectivity index (χ4n) is 0.584. The lowest BCUT2D eigenvalue weighted by Gasteiger charge is -2.11. The van der Waals surface area contributed by atoms with Crippen molar-refractivity contribution in [2.45, 2.75) is 6.10 Å². The van der Waals surface area contributed by atoms with Gasteiger partial charge in [-0.1, -0.05) is 6.58 Å². The first kappa shape index (κ1) is 12.9. The molecule has 6 heteroatoms. The molecule has 0 bridgehead atoms. The number of carboxylic acid groups (broad SMARTS) is 2. The van der Waals surface area contributed by atoms with Crippen molar-refractivity contribution in [2.75, 3.05) is 0 Å². The molecule has 1 aliphatic rings. The molecule has 1 aliphatic heterocycles. The molecular formula is C9H9FO5. The third-order valence-corrected chi connectivity index (χ3v) is 1.20. The van der Waals surface area contributed by atoms with Crippen LogP contribution in [-0.4, -0.2) is 28.3 Å². The van der Waals surface area contributed by atoms with Crippen LogP contribution in [0.1, 0.15) is 0 Å². The van der Waals surface area contributed by atoms with Crippen molar-refractivity contribution >= 4 is 11.9 Å². The van der Waals surface area contributed by atoms with E-state index in [9.17, 15) is 14.0 Å². The molecule has 0 spiro atoms. The van der Waals surface area contributed by atoms with Crippen molar-refractivity contribution in [3.8, 4) is 0 Å². The molecule has 5 nitrogen and oxygen atoms in total. The Bertz CT molecular complexity index is 318. The number of carboxylic acids is 2. The number of aliphatic carboxylic acids is 2. The van der Waals surface area contributed by atoms with E-state index < -0.39 is 23.9 Å². The normalized spacial score (nSPS) is 17.7. The maximum atomic E-state index is 12.4. The van der Waals surface area contributed by atoms with E-state index in [2.05, 4.69) is 11.3 Å². The first-order chi connectivity index (χ1) is 6.99. The SMILES string of the molecule is C=CC(=O)O.O=C(O)C1OC=CC=C1F. The van der Waals surface area contributed by atoms with Gasteiger partial charge in [-0.15, -0.1) is 0 Å². The Balaban J connectivity index is 0.000000336. The van der Waals surface area contributed by atoms with E-state index in [0.29, 0.717) is 0 Å². The maximum Gasteiger partial charge on any atom is 0.352 e. The predicted octanol–water partition coefficient (Wildman–Crippen LogP) is 1.09. The number of halogens is 1. The molecule has 1 heterocycles. The van der Waals surface area contributed by atoms with Crippen LogP contribution >= 0.6 is 0 Å². The van der Waals surface area contributed by atoms with Gasteiger partial charge in [0.1, 0.15) is 0 Å². The van der Waals surface area contributed by atoms with Gasteiger partial charge in [-0.05, 0) is 12.2 Å². The Morgan fingerprint density at radius 3 is 2.33 bits per heavy atom. The number of hydrogen-bond donors (Lipinski definition) is 2. The number of hydrogen-bond acceptors (Lipinski definition) is 3. The van der Waals surface area contributed by atoms with Crippen molar-refractivity contribution in [3.63, 3.8) is 0 Å². The van der Waals surface area contributed by atoms with E-state index in [4.69, 9.17) is 10.2 Å². The number of carbonyl (C=O) groups is 2. The summed E-state index contributed by atoms with van der Waals surface area (Å²) in [5, 5.41) is 15.9. The average Bonchev–Trinajstić information content (AvgIpc) is 2.19. The highest BCUT2D eigenvalue weighted by molar-refractivity contribution is 5.78. The van der Waals surface area contributed by atoms with Gasteiger partial charge in [0, 0.05) is 6.08 Å². The minimum atomic E-state index is -1.45. The van der Waals surface area contributed by atoms with Crippen molar-refractivity contribution in [1.82, 2.24) is 0 Å². The molecule has 0 amide bonds. The zero-order chi connectivity index (χ0) is 11.8. The lowest BCUT2D eigenvalue weighted by atomic mass is 10.2. The van der Waals surface area contributed by atoms with Crippen LogP contribution in [0.3, 0.4) is 0 Å². The van der Waals surface area contributed by atoms with Gasteiger partial charge in [-0.2, -0.15) is 0 Å². The first-order valence-electron chi connectivity index (χ1n) is 3.75. The first-order valence-corrected chi connectivity index (χ1v) is 3.75. The Hall–Kier alpha value is -2.11. The lowest BCUT2D eigenvalue weighted by molar-refractivity contribution is -0.145. The van der Waals surface area contributed by atoms with E-state index in [1.165, 1.54) is 6.08 Å². The van der Waals surface area contributed by atoms with Crippen molar-refractivity contribution < 1.29 is 28.9 Å². The molecule has 0 fully saturated rings. The molecule has 82 valence electrons. The summed E-state index contributed by atoms with van der Waals surface area (Å²) >= 11 is 0. The fourth-order valence-corrected chi connectivity index (χ4v) is 0.584. The summed E-state index contributed by atoms with van der Waals surface area (Å²) in [5.74, 6) is -3.09. The number of ether oxygens (including phenoxy) is 1. The average molecular weight is 216 g/mol. The van der Waals surface area contributed by atoms with Crippen LogP contribution in [0, 0.1) is 0 Å². The second kappa shape index (κ2) is 6.36. The minimum absolute atomic E-state index is 0.782. The summed E-state index contributed by atoms with van der Waals surface area (Å²) in [7, 11) is 0. The van der Waals surface area contributed by atoms with E-state index >= 15 is 0 Å². The van der Waals surface area contributed by atoms with Gasteiger partial charge in [-0.25, -0.2) is 14.0 Å². The quantitative estimate of drug-likeness (QED) is 0.675. The van der Waals surface area contributed by atoms with Gasteiger partial charge in [0.05, 0.1) is 6.26 Å². The Kier molecular flexibility index (Phi) is 5.47. The van der Waals surface area contributed by atoms with Gasteiger partial charge in [0.15, 0.2) is 5.83 Å². The molecule has 0 saturated carbocycles. The molecule has 1 unspecified atom stereocenters. The predicted molar refractivity (Wildman–Crippen MR) is 48.7 cm³/mol. The summed E-state index contributed by atoms with van der Waals surface area (Å²) in [5.41, 5.74) is 0. The molecule has 2 N–H and O–H groups in total. The van der Waals surface area contributed by atoms with Crippen LogP contribution < -0.4 is 0 Å². The summed E-state index contributed by atoms with van der Waals surface area (Å²) in [4.78, 5) is 19.4. The molecule has 0 radical (unpaired) electrons. The Labute approximate surface area is 84.8 Å². The largest absolute Gasteiger partial charge is 0.479 e. The molecule has 0 aliphatic carbocycles. The molecule has 0 aromatic rings. The molecular weight excluding hydrogens is 207 g/mol. The zero-order valence-electron chi connectivity index (χ0n) is 7.59. The van der Waals surface area contributed by atoms with Crippen LogP contribution in [0.2, 0.25) is 0 Å². The highest BCUT2D eigenvalue weighted by Crippen LogP contribution is 2.13. The zero-order valence-corrected chi connectivity index (χ0v) is 7.59. The fraction of sp³-hybridized carbons (Fsp3) is 0.111. The Morgan fingerprint density at radius 2 is 2.07 bits per heavy atom. The summed E-state index contributed by atoms with van der Waals surface area (Å²) in [6.07, 6.45) is 2.88. The van der Waals surface area contributed by atoms with Gasteiger partial charge in [-0.3, -0.25) is 0 Å². The monoisotopic (exact) mass is 216 g/mol. The van der Waals surface area contributed by atoms with Crippen LogP contribution in [0.5, 0.6) is 0 Å². The standard InChI is InChI=1S/C6H5FO3.C3H4O2/c7-4-2-1-3-10-5(4)6(8)9;1-2-3(4)5/h1-3,5H,(H,8,9);2H,1H2,(H,4,5). The lowest BCUT2D eigenvalue weighted by Crippen LogP contribution is -2.23. The second-order valence-electron chi connectivity index (χ2n) is 2.28. The van der Waals surface area contributed by atoms with E-state index in [0.717, 1.165) is 18.4 Å². The van der Waals surface area contributed by atoms with E-state index in [1.54, 1.807) is 0 Å². The van der Waals surface area contributed by atoms with Crippen LogP contribution in [0.15, 0.2) is 36.9 Å². The van der Waals surface area contributed by atoms with Crippen molar-refractivity contribution in [1.29, 1.82) is 0 Å². The second-order valence-corrected chi connectivity index (χ2v) is 2.28.